The Bertz CT molecular complexity index is 935. The molecule has 25 heavy (non-hydrogen) atoms. The van der Waals surface area contributed by atoms with Gasteiger partial charge in [-0.1, -0.05) is 6.07 Å². The van der Waals surface area contributed by atoms with E-state index < -0.39 is 10.0 Å². The van der Waals surface area contributed by atoms with Crippen LogP contribution in [-0.4, -0.2) is 31.6 Å². The second kappa shape index (κ2) is 6.57. The molecular formula is C17H15BrFNO3S2. The van der Waals surface area contributed by atoms with Gasteiger partial charge in [0, 0.05) is 18.7 Å². The lowest BCUT2D eigenvalue weighted by molar-refractivity contribution is 0.356. The molecule has 2 heterocycles. The Balaban J connectivity index is 1.70. The standard InChI is InChI=1S/C17H15BrFNO3S2/c18-14-10-12(1-3-15(14)19)17-20(6-8-24-17)25(21,22)13-2-4-16-11(9-13)5-7-23-16/h1-4,9-10,17H,5-8H2. The van der Waals surface area contributed by atoms with Crippen LogP contribution in [0.3, 0.4) is 0 Å². The van der Waals surface area contributed by atoms with E-state index >= 15 is 0 Å². The lowest BCUT2D eigenvalue weighted by Gasteiger charge is -2.24. The maximum atomic E-state index is 13.5. The van der Waals surface area contributed by atoms with Gasteiger partial charge in [0.1, 0.15) is 11.6 Å². The molecule has 2 aromatic rings. The first-order valence-corrected chi connectivity index (χ1v) is 11.1. The predicted octanol–water partition coefficient (Wildman–Crippen LogP) is 3.96. The van der Waals surface area contributed by atoms with E-state index in [1.165, 1.54) is 10.4 Å². The second-order valence-electron chi connectivity index (χ2n) is 5.88. The van der Waals surface area contributed by atoms with E-state index in [4.69, 9.17) is 4.74 Å². The van der Waals surface area contributed by atoms with Gasteiger partial charge >= 0.3 is 0 Å². The topological polar surface area (TPSA) is 46.6 Å². The summed E-state index contributed by atoms with van der Waals surface area (Å²) in [5, 5.41) is -0.355. The van der Waals surface area contributed by atoms with Crippen LogP contribution in [-0.2, 0) is 16.4 Å². The molecule has 0 spiro atoms. The van der Waals surface area contributed by atoms with Gasteiger partial charge in [0.2, 0.25) is 10.0 Å². The van der Waals surface area contributed by atoms with Crippen LogP contribution in [0.5, 0.6) is 5.75 Å². The molecule has 4 nitrogen and oxygen atoms in total. The molecule has 0 aromatic heterocycles. The fourth-order valence-corrected chi connectivity index (χ4v) is 6.77. The van der Waals surface area contributed by atoms with Gasteiger partial charge in [-0.25, -0.2) is 12.8 Å². The van der Waals surface area contributed by atoms with Gasteiger partial charge in [-0.15, -0.1) is 11.8 Å². The van der Waals surface area contributed by atoms with Crippen LogP contribution in [0, 0.1) is 5.82 Å². The Labute approximate surface area is 158 Å². The number of rotatable bonds is 3. The van der Waals surface area contributed by atoms with Gasteiger partial charge in [0.05, 0.1) is 21.3 Å². The molecule has 1 saturated heterocycles. The number of nitrogens with zero attached hydrogens (tertiary/aromatic N) is 1. The number of ether oxygens (including phenoxy) is 1. The number of thioether (sulfide) groups is 1. The molecule has 8 heteroatoms. The predicted molar refractivity (Wildman–Crippen MR) is 98.8 cm³/mol. The molecule has 2 aromatic carbocycles. The summed E-state index contributed by atoms with van der Waals surface area (Å²) in [4.78, 5) is 0.283. The van der Waals surface area contributed by atoms with Crippen LogP contribution in [0.15, 0.2) is 45.8 Å². The summed E-state index contributed by atoms with van der Waals surface area (Å²) in [6, 6.07) is 9.68. The number of hydrogen-bond acceptors (Lipinski definition) is 4. The van der Waals surface area contributed by atoms with E-state index in [9.17, 15) is 12.8 Å². The maximum absolute atomic E-state index is 13.5. The van der Waals surface area contributed by atoms with Crippen molar-refractivity contribution in [2.24, 2.45) is 0 Å². The van der Waals surface area contributed by atoms with Crippen molar-refractivity contribution in [2.75, 3.05) is 18.9 Å². The summed E-state index contributed by atoms with van der Waals surface area (Å²) < 4.78 is 47.1. The smallest absolute Gasteiger partial charge is 0.244 e. The van der Waals surface area contributed by atoms with Crippen LogP contribution < -0.4 is 4.74 Å². The summed E-state index contributed by atoms with van der Waals surface area (Å²) in [6.07, 6.45) is 0.724. The minimum Gasteiger partial charge on any atom is -0.493 e. The van der Waals surface area contributed by atoms with Gasteiger partial charge < -0.3 is 4.74 Å². The first-order chi connectivity index (χ1) is 12.0. The molecule has 2 aliphatic rings. The van der Waals surface area contributed by atoms with E-state index in [1.807, 2.05) is 0 Å². The summed E-state index contributed by atoms with van der Waals surface area (Å²) in [5.74, 6) is 1.10. The molecule has 1 fully saturated rings. The summed E-state index contributed by atoms with van der Waals surface area (Å²) in [6.45, 7) is 1.02. The van der Waals surface area contributed by atoms with Crippen molar-refractivity contribution in [3.8, 4) is 5.75 Å². The van der Waals surface area contributed by atoms with E-state index in [0.717, 1.165) is 23.3 Å². The van der Waals surface area contributed by atoms with Crippen molar-refractivity contribution in [1.29, 1.82) is 0 Å². The average molecular weight is 444 g/mol. The Kier molecular flexibility index (Phi) is 4.56. The molecule has 0 amide bonds. The van der Waals surface area contributed by atoms with Crippen LogP contribution in [0.2, 0.25) is 0 Å². The SMILES string of the molecule is O=S(=O)(c1ccc2c(c1)CCO2)N1CCSC1c1ccc(F)c(Br)c1. The van der Waals surface area contributed by atoms with Crippen LogP contribution in [0.4, 0.5) is 4.39 Å². The van der Waals surface area contributed by atoms with Gasteiger partial charge in [0.15, 0.2) is 0 Å². The first-order valence-electron chi connectivity index (χ1n) is 7.81. The molecule has 0 saturated carbocycles. The Morgan fingerprint density at radius 2 is 2.08 bits per heavy atom. The van der Waals surface area contributed by atoms with Crippen molar-refractivity contribution >= 4 is 37.7 Å². The third-order valence-corrected chi connectivity index (χ3v) is 8.21. The highest BCUT2D eigenvalue weighted by atomic mass is 79.9. The van der Waals surface area contributed by atoms with Crippen molar-refractivity contribution < 1.29 is 17.5 Å². The largest absolute Gasteiger partial charge is 0.493 e. The molecule has 0 aliphatic carbocycles. The highest BCUT2D eigenvalue weighted by Gasteiger charge is 2.37. The summed E-state index contributed by atoms with van der Waals surface area (Å²) in [7, 11) is -3.63. The van der Waals surface area contributed by atoms with Crippen LogP contribution in [0.25, 0.3) is 0 Å². The summed E-state index contributed by atoms with van der Waals surface area (Å²) >= 11 is 4.72. The quantitative estimate of drug-likeness (QED) is 0.719. The van der Waals surface area contributed by atoms with Crippen LogP contribution in [0.1, 0.15) is 16.5 Å². The zero-order chi connectivity index (χ0) is 17.6. The minimum absolute atomic E-state index is 0.283. The number of hydrogen-bond donors (Lipinski definition) is 0. The first kappa shape index (κ1) is 17.3. The number of fused-ring (bicyclic) bond motifs is 1. The lowest BCUT2D eigenvalue weighted by atomic mass is 10.2. The average Bonchev–Trinajstić information content (AvgIpc) is 3.25. The molecule has 0 N–H and O–H groups in total. The van der Waals surface area contributed by atoms with Crippen molar-refractivity contribution in [3.63, 3.8) is 0 Å². The molecule has 1 unspecified atom stereocenters. The second-order valence-corrected chi connectivity index (χ2v) is 9.81. The van der Waals surface area contributed by atoms with E-state index in [1.54, 1.807) is 42.1 Å². The van der Waals surface area contributed by atoms with Gasteiger partial charge in [-0.3, -0.25) is 0 Å². The van der Waals surface area contributed by atoms with Crippen molar-refractivity contribution in [1.82, 2.24) is 4.31 Å². The molecule has 0 radical (unpaired) electrons. The maximum Gasteiger partial charge on any atom is 0.244 e. The molecule has 1 atom stereocenters. The lowest BCUT2D eigenvalue weighted by Crippen LogP contribution is -2.30. The zero-order valence-corrected chi connectivity index (χ0v) is 16.3. The summed E-state index contributed by atoms with van der Waals surface area (Å²) in [5.41, 5.74) is 1.69. The van der Waals surface area contributed by atoms with Gasteiger partial charge in [-0.2, -0.15) is 4.31 Å². The Morgan fingerprint density at radius 1 is 1.24 bits per heavy atom. The number of benzene rings is 2. The fourth-order valence-electron chi connectivity index (χ4n) is 3.09. The third kappa shape index (κ3) is 3.09. The van der Waals surface area contributed by atoms with Gasteiger partial charge in [0.25, 0.3) is 0 Å². The fraction of sp³-hybridized carbons (Fsp3) is 0.294. The van der Waals surface area contributed by atoms with Crippen molar-refractivity contribution in [3.05, 3.63) is 57.8 Å². The van der Waals surface area contributed by atoms with Gasteiger partial charge in [-0.05, 0) is 57.4 Å². The zero-order valence-electron chi connectivity index (χ0n) is 13.1. The normalized spacial score (nSPS) is 20.5. The number of sulfonamides is 1. The number of halogens is 2. The van der Waals surface area contributed by atoms with E-state index in [-0.39, 0.29) is 16.1 Å². The van der Waals surface area contributed by atoms with E-state index in [0.29, 0.717) is 23.4 Å². The monoisotopic (exact) mass is 443 g/mol. The third-order valence-electron chi connectivity index (χ3n) is 4.35. The molecule has 132 valence electrons. The highest BCUT2D eigenvalue weighted by molar-refractivity contribution is 9.10. The molecule has 0 bridgehead atoms. The molecular weight excluding hydrogens is 429 g/mol. The highest BCUT2D eigenvalue weighted by Crippen LogP contribution is 2.42. The Hall–Kier alpha value is -1.09. The Morgan fingerprint density at radius 3 is 2.88 bits per heavy atom. The minimum atomic E-state index is -3.63. The molecule has 4 rings (SSSR count). The molecule has 2 aliphatic heterocycles. The van der Waals surface area contributed by atoms with Crippen molar-refractivity contribution in [2.45, 2.75) is 16.7 Å². The van der Waals surface area contributed by atoms with E-state index in [2.05, 4.69) is 15.9 Å². The van der Waals surface area contributed by atoms with Crippen LogP contribution >= 0.6 is 27.7 Å².